The summed E-state index contributed by atoms with van der Waals surface area (Å²) in [6.45, 7) is 10.9. The molecule has 0 aromatic heterocycles. The van der Waals surface area contributed by atoms with Crippen molar-refractivity contribution >= 4 is 0 Å². The van der Waals surface area contributed by atoms with Crippen molar-refractivity contribution in [2.75, 3.05) is 32.7 Å². The summed E-state index contributed by atoms with van der Waals surface area (Å²) in [4.78, 5) is 2.60. The highest BCUT2D eigenvalue weighted by molar-refractivity contribution is 4.80. The number of nitrogens with one attached hydrogen (secondary N) is 2. The predicted molar refractivity (Wildman–Crippen MR) is 73.3 cm³/mol. The van der Waals surface area contributed by atoms with Crippen molar-refractivity contribution in [1.82, 2.24) is 15.5 Å². The van der Waals surface area contributed by atoms with Crippen LogP contribution in [0.25, 0.3) is 0 Å². The Morgan fingerprint density at radius 3 is 2.35 bits per heavy atom. The molecule has 3 heteroatoms. The fourth-order valence-corrected chi connectivity index (χ4v) is 3.04. The zero-order chi connectivity index (χ0) is 12.1. The van der Waals surface area contributed by atoms with Gasteiger partial charge in [0.05, 0.1) is 0 Å². The Morgan fingerprint density at radius 1 is 1.12 bits per heavy atom. The van der Waals surface area contributed by atoms with Gasteiger partial charge in [-0.2, -0.15) is 0 Å². The maximum atomic E-state index is 3.80. The van der Waals surface area contributed by atoms with E-state index < -0.39 is 0 Å². The summed E-state index contributed by atoms with van der Waals surface area (Å²) in [7, 11) is 0. The van der Waals surface area contributed by atoms with E-state index in [1.165, 1.54) is 58.4 Å². The number of nitrogens with zero attached hydrogens (tertiary/aromatic N) is 1. The first-order valence-corrected chi connectivity index (χ1v) is 7.44. The molecule has 2 aliphatic heterocycles. The summed E-state index contributed by atoms with van der Waals surface area (Å²) in [6.07, 6.45) is 5.39. The van der Waals surface area contributed by atoms with E-state index in [9.17, 15) is 0 Å². The van der Waals surface area contributed by atoms with Gasteiger partial charge in [0.25, 0.3) is 0 Å². The predicted octanol–water partition coefficient (Wildman–Crippen LogP) is 1.45. The Kier molecular flexibility index (Phi) is 5.26. The molecule has 0 unspecified atom stereocenters. The van der Waals surface area contributed by atoms with Crippen LogP contribution in [0.5, 0.6) is 0 Å². The van der Waals surface area contributed by atoms with Gasteiger partial charge < -0.3 is 15.5 Å². The van der Waals surface area contributed by atoms with Crippen LogP contribution >= 0.6 is 0 Å². The van der Waals surface area contributed by atoms with Crippen molar-refractivity contribution < 1.29 is 0 Å². The zero-order valence-electron chi connectivity index (χ0n) is 11.5. The summed E-state index contributed by atoms with van der Waals surface area (Å²) >= 11 is 0. The number of hydrogen-bond acceptors (Lipinski definition) is 3. The standard InChI is InChI=1S/C14H29N3/c1-12(2)17-9-5-14(6-10-17)16-11-13-3-7-15-8-4-13/h12-16H,3-11H2,1-2H3. The van der Waals surface area contributed by atoms with Crippen LogP contribution in [-0.4, -0.2) is 49.7 Å². The molecule has 0 saturated carbocycles. The third-order valence-corrected chi connectivity index (χ3v) is 4.41. The van der Waals surface area contributed by atoms with E-state index in [4.69, 9.17) is 0 Å². The molecule has 2 fully saturated rings. The molecule has 0 bridgehead atoms. The topological polar surface area (TPSA) is 27.3 Å². The highest BCUT2D eigenvalue weighted by atomic mass is 15.2. The minimum atomic E-state index is 0.723. The molecule has 2 saturated heterocycles. The minimum absolute atomic E-state index is 0.723. The molecular weight excluding hydrogens is 210 g/mol. The van der Waals surface area contributed by atoms with Crippen LogP contribution in [0, 0.1) is 5.92 Å². The Balaban J connectivity index is 1.61. The van der Waals surface area contributed by atoms with Gasteiger partial charge >= 0.3 is 0 Å². The first-order valence-electron chi connectivity index (χ1n) is 7.44. The average molecular weight is 239 g/mol. The lowest BCUT2D eigenvalue weighted by molar-refractivity contribution is 0.158. The van der Waals surface area contributed by atoms with Crippen molar-refractivity contribution in [2.24, 2.45) is 5.92 Å². The van der Waals surface area contributed by atoms with Crippen molar-refractivity contribution in [3.8, 4) is 0 Å². The lowest BCUT2D eigenvalue weighted by Crippen LogP contribution is -2.46. The summed E-state index contributed by atoms with van der Waals surface area (Å²) in [5, 5.41) is 7.23. The molecule has 3 nitrogen and oxygen atoms in total. The Hall–Kier alpha value is -0.120. The Morgan fingerprint density at radius 2 is 1.76 bits per heavy atom. The second kappa shape index (κ2) is 6.72. The van der Waals surface area contributed by atoms with E-state index in [1.54, 1.807) is 0 Å². The molecule has 0 aromatic carbocycles. The quantitative estimate of drug-likeness (QED) is 0.777. The van der Waals surface area contributed by atoms with E-state index in [1.807, 2.05) is 0 Å². The number of hydrogen-bond donors (Lipinski definition) is 2. The molecule has 2 rings (SSSR count). The molecule has 2 aliphatic rings. The molecule has 0 spiro atoms. The minimum Gasteiger partial charge on any atom is -0.317 e. The van der Waals surface area contributed by atoms with E-state index in [0.717, 1.165) is 18.0 Å². The normalized spacial score (nSPS) is 25.6. The van der Waals surface area contributed by atoms with Crippen LogP contribution in [-0.2, 0) is 0 Å². The smallest absolute Gasteiger partial charge is 0.00915 e. The van der Waals surface area contributed by atoms with Crippen LogP contribution in [0.1, 0.15) is 39.5 Å². The lowest BCUT2D eigenvalue weighted by Gasteiger charge is -2.35. The van der Waals surface area contributed by atoms with Crippen LogP contribution in [0.4, 0.5) is 0 Å². The monoisotopic (exact) mass is 239 g/mol. The van der Waals surface area contributed by atoms with E-state index in [2.05, 4.69) is 29.4 Å². The van der Waals surface area contributed by atoms with Crippen LogP contribution < -0.4 is 10.6 Å². The third kappa shape index (κ3) is 4.23. The summed E-state index contributed by atoms with van der Waals surface area (Å²) < 4.78 is 0. The van der Waals surface area contributed by atoms with Gasteiger partial charge in [0.2, 0.25) is 0 Å². The van der Waals surface area contributed by atoms with Gasteiger partial charge in [-0.1, -0.05) is 0 Å². The highest BCUT2D eigenvalue weighted by Gasteiger charge is 2.21. The van der Waals surface area contributed by atoms with Gasteiger partial charge in [0.1, 0.15) is 0 Å². The Labute approximate surface area is 106 Å². The number of piperidine rings is 2. The van der Waals surface area contributed by atoms with Gasteiger partial charge in [0.15, 0.2) is 0 Å². The van der Waals surface area contributed by atoms with E-state index in [0.29, 0.717) is 0 Å². The second-order valence-corrected chi connectivity index (χ2v) is 6.01. The van der Waals surface area contributed by atoms with Crippen molar-refractivity contribution in [1.29, 1.82) is 0 Å². The maximum Gasteiger partial charge on any atom is 0.00915 e. The van der Waals surface area contributed by atoms with Crippen molar-refractivity contribution in [3.63, 3.8) is 0 Å². The molecule has 0 atom stereocenters. The fraction of sp³-hybridized carbons (Fsp3) is 1.00. The fourth-order valence-electron chi connectivity index (χ4n) is 3.04. The zero-order valence-corrected chi connectivity index (χ0v) is 11.5. The number of rotatable bonds is 4. The largest absolute Gasteiger partial charge is 0.317 e. The van der Waals surface area contributed by atoms with E-state index >= 15 is 0 Å². The summed E-state index contributed by atoms with van der Waals surface area (Å²) in [6, 6.07) is 1.50. The van der Waals surface area contributed by atoms with Gasteiger partial charge in [-0.3, -0.25) is 0 Å². The molecule has 0 amide bonds. The maximum absolute atomic E-state index is 3.80. The van der Waals surface area contributed by atoms with Crippen LogP contribution in [0.3, 0.4) is 0 Å². The lowest BCUT2D eigenvalue weighted by atomic mass is 9.96. The van der Waals surface area contributed by atoms with Gasteiger partial charge in [-0.25, -0.2) is 0 Å². The molecule has 2 N–H and O–H groups in total. The number of likely N-dealkylation sites (tertiary alicyclic amines) is 1. The first kappa shape index (κ1) is 13.3. The van der Waals surface area contributed by atoms with Gasteiger partial charge in [-0.15, -0.1) is 0 Å². The molecule has 17 heavy (non-hydrogen) atoms. The highest BCUT2D eigenvalue weighted by Crippen LogP contribution is 2.15. The SMILES string of the molecule is CC(C)N1CCC(NCC2CCNCC2)CC1. The molecule has 0 aliphatic carbocycles. The van der Waals surface area contributed by atoms with Crippen LogP contribution in [0.2, 0.25) is 0 Å². The average Bonchev–Trinajstić information content (AvgIpc) is 2.38. The Bertz CT molecular complexity index is 204. The molecule has 2 heterocycles. The summed E-state index contributed by atoms with van der Waals surface area (Å²) in [5.41, 5.74) is 0. The second-order valence-electron chi connectivity index (χ2n) is 6.01. The molecular formula is C14H29N3. The molecule has 100 valence electrons. The first-order chi connectivity index (χ1) is 8.25. The van der Waals surface area contributed by atoms with Gasteiger partial charge in [0, 0.05) is 12.1 Å². The van der Waals surface area contributed by atoms with E-state index in [-0.39, 0.29) is 0 Å². The van der Waals surface area contributed by atoms with Crippen molar-refractivity contribution in [3.05, 3.63) is 0 Å². The molecule has 0 aromatic rings. The van der Waals surface area contributed by atoms with Crippen molar-refractivity contribution in [2.45, 2.75) is 51.6 Å². The van der Waals surface area contributed by atoms with Crippen LogP contribution in [0.15, 0.2) is 0 Å². The van der Waals surface area contributed by atoms with Gasteiger partial charge in [-0.05, 0) is 78.2 Å². The summed E-state index contributed by atoms with van der Waals surface area (Å²) in [5.74, 6) is 0.916. The third-order valence-electron chi connectivity index (χ3n) is 4.41. The molecule has 0 radical (unpaired) electrons.